The molecule has 14 heavy (non-hydrogen) atoms. The molecular formula is C10H11N3O. The summed E-state index contributed by atoms with van der Waals surface area (Å²) in [5.41, 5.74) is 2.81. The minimum absolute atomic E-state index is 0.403. The van der Waals surface area contributed by atoms with Crippen LogP contribution in [0.4, 0.5) is 0 Å². The van der Waals surface area contributed by atoms with Crippen LogP contribution in [0.5, 0.6) is 0 Å². The average molecular weight is 189 g/mol. The first-order valence-corrected chi connectivity index (χ1v) is 4.08. The van der Waals surface area contributed by atoms with Crippen LogP contribution in [0, 0.1) is 0 Å². The van der Waals surface area contributed by atoms with E-state index in [4.69, 9.17) is 4.79 Å². The molecule has 0 saturated heterocycles. The number of hydrogen-bond acceptors (Lipinski definition) is 3. The fraction of sp³-hybridized carbons (Fsp3) is 0. The molecule has 0 spiro atoms. The zero-order chi connectivity index (χ0) is 10.2. The van der Waals surface area contributed by atoms with Crippen LogP contribution in [0.1, 0.15) is 0 Å². The molecular weight excluding hydrogens is 178 g/mol. The number of carbonyl (C=O) groups excluding carboxylic acids is 1. The molecule has 1 amide bonds. The summed E-state index contributed by atoms with van der Waals surface area (Å²) in [5, 5.41) is 1.20. The Kier molecular flexibility index (Phi) is 4.10. The number of nitrogens with two attached hydrogens (primary N) is 1. The zero-order valence-electron chi connectivity index (χ0n) is 7.55. The molecule has 0 saturated carbocycles. The monoisotopic (exact) mass is 189 g/mol. The van der Waals surface area contributed by atoms with E-state index in [1.807, 2.05) is 30.5 Å². The van der Waals surface area contributed by atoms with Gasteiger partial charge in [0.15, 0.2) is 0 Å². The first-order chi connectivity index (χ1) is 6.88. The summed E-state index contributed by atoms with van der Waals surface area (Å²) >= 11 is 0. The predicted molar refractivity (Wildman–Crippen MR) is 55.1 cm³/mol. The van der Waals surface area contributed by atoms with Crippen molar-refractivity contribution in [3.8, 4) is 0 Å². The van der Waals surface area contributed by atoms with Gasteiger partial charge in [-0.05, 0) is 12.1 Å². The first kappa shape index (κ1) is 10.1. The first-order valence-electron chi connectivity index (χ1n) is 4.08. The molecule has 4 nitrogen and oxygen atoms in total. The van der Waals surface area contributed by atoms with Gasteiger partial charge in [-0.25, -0.2) is 5.84 Å². The van der Waals surface area contributed by atoms with Gasteiger partial charge in [-0.2, -0.15) is 0 Å². The summed E-state index contributed by atoms with van der Waals surface area (Å²) < 4.78 is 0. The Hall–Kier alpha value is -1.94. The highest BCUT2D eigenvalue weighted by molar-refractivity contribution is 5.77. The Labute approximate surface area is 81.7 Å². The maximum atomic E-state index is 8.94. The highest BCUT2D eigenvalue weighted by atomic mass is 16.1. The van der Waals surface area contributed by atoms with Gasteiger partial charge in [0, 0.05) is 11.6 Å². The van der Waals surface area contributed by atoms with E-state index < -0.39 is 0 Å². The molecule has 72 valence electrons. The van der Waals surface area contributed by atoms with Crippen molar-refractivity contribution in [2.24, 2.45) is 5.84 Å². The maximum Gasteiger partial charge on any atom is 0.221 e. The molecule has 0 aliphatic rings. The number of aromatic nitrogens is 1. The summed E-state index contributed by atoms with van der Waals surface area (Å²) in [4.78, 5) is 13.1. The molecule has 0 unspecified atom stereocenters. The summed E-state index contributed by atoms with van der Waals surface area (Å²) in [6, 6.07) is 12.1. The van der Waals surface area contributed by atoms with Gasteiger partial charge in [0.2, 0.25) is 6.41 Å². The smallest absolute Gasteiger partial charge is 0.221 e. The molecule has 0 bridgehead atoms. The van der Waals surface area contributed by atoms with Crippen LogP contribution in [-0.4, -0.2) is 11.4 Å². The highest BCUT2D eigenvalue weighted by Gasteiger charge is 1.86. The molecule has 0 radical (unpaired) electrons. The number of hydrogen-bond donors (Lipinski definition) is 2. The number of nitrogens with zero attached hydrogens (tertiary/aromatic N) is 1. The second kappa shape index (κ2) is 5.66. The Morgan fingerprint density at radius 1 is 1.21 bits per heavy atom. The van der Waals surface area contributed by atoms with E-state index in [2.05, 4.69) is 23.0 Å². The lowest BCUT2D eigenvalue weighted by Gasteiger charge is -1.91. The maximum absolute atomic E-state index is 8.94. The van der Waals surface area contributed by atoms with E-state index >= 15 is 0 Å². The molecule has 2 aromatic rings. The molecule has 2 rings (SSSR count). The quantitative estimate of drug-likeness (QED) is 0.302. The lowest BCUT2D eigenvalue weighted by molar-refractivity contribution is -0.109. The van der Waals surface area contributed by atoms with Gasteiger partial charge in [0.1, 0.15) is 0 Å². The second-order valence-electron chi connectivity index (χ2n) is 2.48. The molecule has 0 aliphatic carbocycles. The number of fused-ring (bicyclic) bond motifs is 1. The van der Waals surface area contributed by atoms with Crippen molar-refractivity contribution >= 4 is 17.3 Å². The second-order valence-corrected chi connectivity index (χ2v) is 2.48. The number of amides is 1. The standard InChI is InChI=1S/C9H7N.CH4N2O/c1-2-6-9-8(4-1)5-3-7-10-9;2-3-1-4/h1-7H;1H,2H2,(H,3,4). The fourth-order valence-corrected chi connectivity index (χ4v) is 1.02. The van der Waals surface area contributed by atoms with Crippen molar-refractivity contribution in [2.45, 2.75) is 0 Å². The molecule has 4 heteroatoms. The number of benzene rings is 1. The minimum atomic E-state index is 0.403. The average Bonchev–Trinajstić information content (AvgIpc) is 2.30. The van der Waals surface area contributed by atoms with Crippen molar-refractivity contribution in [2.75, 3.05) is 0 Å². The van der Waals surface area contributed by atoms with Gasteiger partial charge in [-0.15, -0.1) is 0 Å². The van der Waals surface area contributed by atoms with Crippen LogP contribution >= 0.6 is 0 Å². The number of hydrazine groups is 1. The normalized spacial score (nSPS) is 8.64. The molecule has 1 aromatic carbocycles. The van der Waals surface area contributed by atoms with Crippen LogP contribution in [0.15, 0.2) is 42.6 Å². The van der Waals surface area contributed by atoms with Gasteiger partial charge >= 0.3 is 0 Å². The number of para-hydroxylation sites is 1. The fourth-order valence-electron chi connectivity index (χ4n) is 1.02. The summed E-state index contributed by atoms with van der Waals surface area (Å²) in [5.74, 6) is 4.41. The van der Waals surface area contributed by atoms with Crippen molar-refractivity contribution in [1.29, 1.82) is 0 Å². The third-order valence-electron chi connectivity index (χ3n) is 1.58. The third-order valence-corrected chi connectivity index (χ3v) is 1.58. The van der Waals surface area contributed by atoms with Crippen molar-refractivity contribution in [3.63, 3.8) is 0 Å². The Morgan fingerprint density at radius 3 is 2.50 bits per heavy atom. The molecule has 0 fully saturated rings. The van der Waals surface area contributed by atoms with Crippen LogP contribution in [0.2, 0.25) is 0 Å². The molecule has 1 aromatic heterocycles. The largest absolute Gasteiger partial charge is 0.297 e. The number of rotatable bonds is 1. The van der Waals surface area contributed by atoms with Crippen molar-refractivity contribution in [3.05, 3.63) is 42.6 Å². The summed E-state index contributed by atoms with van der Waals surface area (Å²) in [7, 11) is 0. The van der Waals surface area contributed by atoms with Gasteiger partial charge in [0.05, 0.1) is 5.52 Å². The van der Waals surface area contributed by atoms with Gasteiger partial charge in [-0.1, -0.05) is 24.3 Å². The van der Waals surface area contributed by atoms with E-state index in [-0.39, 0.29) is 0 Å². The van der Waals surface area contributed by atoms with Crippen molar-refractivity contribution < 1.29 is 4.79 Å². The van der Waals surface area contributed by atoms with Crippen molar-refractivity contribution in [1.82, 2.24) is 10.4 Å². The van der Waals surface area contributed by atoms with Gasteiger partial charge < -0.3 is 0 Å². The molecule has 0 atom stereocenters. The Morgan fingerprint density at radius 2 is 1.86 bits per heavy atom. The summed E-state index contributed by atoms with van der Waals surface area (Å²) in [6.07, 6.45) is 2.21. The summed E-state index contributed by atoms with van der Waals surface area (Å²) in [6.45, 7) is 0. The molecule has 0 aliphatic heterocycles. The van der Waals surface area contributed by atoms with Gasteiger partial charge in [-0.3, -0.25) is 15.2 Å². The highest BCUT2D eigenvalue weighted by Crippen LogP contribution is 2.07. The van der Waals surface area contributed by atoms with Gasteiger partial charge in [0.25, 0.3) is 0 Å². The lowest BCUT2D eigenvalue weighted by Crippen LogP contribution is -2.18. The predicted octanol–water partition coefficient (Wildman–Crippen LogP) is 0.841. The van der Waals surface area contributed by atoms with Crippen LogP contribution < -0.4 is 11.3 Å². The molecule has 3 N–H and O–H groups in total. The van der Waals surface area contributed by atoms with Crippen LogP contribution in [-0.2, 0) is 4.79 Å². The number of nitrogens with one attached hydrogen (secondary N) is 1. The number of carbonyl (C=O) groups is 1. The topological polar surface area (TPSA) is 68.0 Å². The molecule has 1 heterocycles. The van der Waals surface area contributed by atoms with E-state index in [1.165, 1.54) is 5.39 Å². The zero-order valence-corrected chi connectivity index (χ0v) is 7.55. The Balaban J connectivity index is 0.000000213. The van der Waals surface area contributed by atoms with Crippen LogP contribution in [0.25, 0.3) is 10.9 Å². The third kappa shape index (κ3) is 2.84. The van der Waals surface area contributed by atoms with Crippen LogP contribution in [0.3, 0.4) is 0 Å². The minimum Gasteiger partial charge on any atom is -0.297 e. The number of pyridine rings is 1. The van der Waals surface area contributed by atoms with E-state index in [9.17, 15) is 0 Å². The van der Waals surface area contributed by atoms with E-state index in [1.54, 1.807) is 5.43 Å². The lowest BCUT2D eigenvalue weighted by atomic mass is 10.2. The van der Waals surface area contributed by atoms with E-state index in [0.29, 0.717) is 6.41 Å². The SMILES string of the molecule is NNC=O.c1ccc2ncccc2c1. The Bertz CT molecular complexity index is 338. The van der Waals surface area contributed by atoms with E-state index in [0.717, 1.165) is 5.52 Å².